The van der Waals surface area contributed by atoms with E-state index < -0.39 is 0 Å². The van der Waals surface area contributed by atoms with E-state index in [9.17, 15) is 4.79 Å². The standard InChI is InChI=1S/C24H41NO2/c1-2-3-4-5-6-7-8-9-10-11-12-13-14-15-16-17-18-19-20-21-24(27)25-22-23-26/h6-7,9-10,12-13,15-16,26H,2-5,8,11,14,17-23H2,1H3,(H,25,27)/b7-6-,10-9-,13-12+,16-15-. The molecular weight excluding hydrogens is 334 g/mol. The maximum Gasteiger partial charge on any atom is 0.220 e. The third-order valence-corrected chi connectivity index (χ3v) is 4.17. The summed E-state index contributed by atoms with van der Waals surface area (Å²) in [4.78, 5) is 11.3. The third kappa shape index (κ3) is 22.3. The van der Waals surface area contributed by atoms with Gasteiger partial charge in [-0.2, -0.15) is 0 Å². The van der Waals surface area contributed by atoms with Gasteiger partial charge < -0.3 is 10.4 Å². The van der Waals surface area contributed by atoms with E-state index in [0.29, 0.717) is 13.0 Å². The van der Waals surface area contributed by atoms with Crippen LogP contribution in [0.1, 0.15) is 84.0 Å². The van der Waals surface area contributed by atoms with Crippen molar-refractivity contribution in [2.45, 2.75) is 84.0 Å². The highest BCUT2D eigenvalue weighted by Crippen LogP contribution is 2.04. The van der Waals surface area contributed by atoms with Crippen molar-refractivity contribution < 1.29 is 9.90 Å². The molecule has 0 radical (unpaired) electrons. The zero-order valence-electron chi connectivity index (χ0n) is 17.4. The van der Waals surface area contributed by atoms with Gasteiger partial charge in [-0.05, 0) is 51.4 Å². The monoisotopic (exact) mass is 375 g/mol. The molecule has 1 amide bonds. The van der Waals surface area contributed by atoms with E-state index in [1.807, 2.05) is 0 Å². The minimum absolute atomic E-state index is 0.0117. The van der Waals surface area contributed by atoms with Gasteiger partial charge in [0.15, 0.2) is 0 Å². The molecule has 0 spiro atoms. The number of rotatable bonds is 18. The summed E-state index contributed by atoms with van der Waals surface area (Å²) in [7, 11) is 0. The van der Waals surface area contributed by atoms with E-state index in [-0.39, 0.29) is 12.5 Å². The van der Waals surface area contributed by atoms with Gasteiger partial charge in [-0.15, -0.1) is 0 Å². The smallest absolute Gasteiger partial charge is 0.220 e. The Hall–Kier alpha value is -1.61. The van der Waals surface area contributed by atoms with Crippen molar-refractivity contribution >= 4 is 5.91 Å². The van der Waals surface area contributed by atoms with Crippen LogP contribution in [0.3, 0.4) is 0 Å². The van der Waals surface area contributed by atoms with Crippen molar-refractivity contribution in [1.29, 1.82) is 0 Å². The highest BCUT2D eigenvalue weighted by atomic mass is 16.3. The van der Waals surface area contributed by atoms with Gasteiger partial charge in [0, 0.05) is 13.0 Å². The molecule has 0 unspecified atom stereocenters. The molecule has 0 atom stereocenters. The van der Waals surface area contributed by atoms with E-state index in [1.165, 1.54) is 25.7 Å². The minimum Gasteiger partial charge on any atom is -0.395 e. The number of aliphatic hydroxyl groups is 1. The summed E-state index contributed by atoms with van der Waals surface area (Å²) in [5.74, 6) is 0.0433. The molecule has 0 rings (SSSR count). The number of carbonyl (C=O) groups is 1. The van der Waals surface area contributed by atoms with Crippen LogP contribution in [0.25, 0.3) is 0 Å². The number of allylic oxidation sites excluding steroid dienone is 8. The summed E-state index contributed by atoms with van der Waals surface area (Å²) in [6.07, 6.45) is 30.9. The van der Waals surface area contributed by atoms with Gasteiger partial charge in [-0.3, -0.25) is 4.79 Å². The number of carbonyl (C=O) groups excluding carboxylic acids is 1. The van der Waals surface area contributed by atoms with Crippen molar-refractivity contribution in [2.75, 3.05) is 13.2 Å². The first-order valence-electron chi connectivity index (χ1n) is 10.8. The maximum absolute atomic E-state index is 11.3. The number of amides is 1. The molecule has 0 heterocycles. The molecule has 0 bridgehead atoms. The molecule has 2 N–H and O–H groups in total. The van der Waals surface area contributed by atoms with Crippen LogP contribution in [0, 0.1) is 0 Å². The fourth-order valence-corrected chi connectivity index (χ4v) is 2.57. The van der Waals surface area contributed by atoms with Crippen molar-refractivity contribution in [2.24, 2.45) is 0 Å². The molecule has 0 aromatic carbocycles. The van der Waals surface area contributed by atoms with Crippen LogP contribution < -0.4 is 5.32 Å². The van der Waals surface area contributed by atoms with Gasteiger partial charge in [0.05, 0.1) is 6.61 Å². The molecule has 27 heavy (non-hydrogen) atoms. The summed E-state index contributed by atoms with van der Waals surface area (Å²) in [6.45, 7) is 2.61. The number of unbranched alkanes of at least 4 members (excludes halogenated alkanes) is 6. The predicted molar refractivity (Wildman–Crippen MR) is 118 cm³/mol. The van der Waals surface area contributed by atoms with Crippen molar-refractivity contribution in [3.63, 3.8) is 0 Å². The summed E-state index contributed by atoms with van der Waals surface area (Å²) >= 11 is 0. The summed E-state index contributed by atoms with van der Waals surface area (Å²) in [6, 6.07) is 0. The Morgan fingerprint density at radius 2 is 1.26 bits per heavy atom. The number of nitrogens with one attached hydrogen (secondary N) is 1. The normalized spacial score (nSPS) is 12.2. The van der Waals surface area contributed by atoms with E-state index in [4.69, 9.17) is 5.11 Å². The number of hydrogen-bond acceptors (Lipinski definition) is 2. The lowest BCUT2D eigenvalue weighted by Gasteiger charge is -2.02. The highest BCUT2D eigenvalue weighted by molar-refractivity contribution is 5.75. The van der Waals surface area contributed by atoms with Crippen LogP contribution in [-0.2, 0) is 4.79 Å². The molecule has 0 aliphatic carbocycles. The second-order valence-corrected chi connectivity index (χ2v) is 6.76. The SMILES string of the molecule is CCCCC/C=C\C/C=C\C/C=C/C/C=C\CCCCCC(=O)NCCO. The van der Waals surface area contributed by atoms with Crippen LogP contribution in [0.2, 0.25) is 0 Å². The Morgan fingerprint density at radius 1 is 0.741 bits per heavy atom. The summed E-state index contributed by atoms with van der Waals surface area (Å²) in [5, 5.41) is 11.3. The molecule has 3 heteroatoms. The zero-order chi connectivity index (χ0) is 19.8. The Morgan fingerprint density at radius 3 is 1.78 bits per heavy atom. The van der Waals surface area contributed by atoms with Gasteiger partial charge in [0.1, 0.15) is 0 Å². The Labute approximate surface area is 167 Å². The summed E-state index contributed by atoms with van der Waals surface area (Å²) < 4.78 is 0. The van der Waals surface area contributed by atoms with Gasteiger partial charge in [-0.25, -0.2) is 0 Å². The highest BCUT2D eigenvalue weighted by Gasteiger charge is 1.98. The Balaban J connectivity index is 3.40. The molecule has 0 aromatic rings. The third-order valence-electron chi connectivity index (χ3n) is 4.17. The average Bonchev–Trinajstić information content (AvgIpc) is 2.68. The van der Waals surface area contributed by atoms with Crippen LogP contribution in [0.5, 0.6) is 0 Å². The first kappa shape index (κ1) is 25.4. The topological polar surface area (TPSA) is 49.3 Å². The molecular formula is C24H41NO2. The molecule has 0 fully saturated rings. The lowest BCUT2D eigenvalue weighted by atomic mass is 10.1. The molecule has 0 aromatic heterocycles. The molecule has 0 saturated carbocycles. The fraction of sp³-hybridized carbons (Fsp3) is 0.625. The predicted octanol–water partition coefficient (Wildman–Crippen LogP) is 6.02. The van der Waals surface area contributed by atoms with Crippen molar-refractivity contribution in [3.8, 4) is 0 Å². The molecule has 3 nitrogen and oxygen atoms in total. The molecule has 154 valence electrons. The van der Waals surface area contributed by atoms with Crippen LogP contribution in [0.4, 0.5) is 0 Å². The Bertz CT molecular complexity index is 436. The van der Waals surface area contributed by atoms with Crippen molar-refractivity contribution in [3.05, 3.63) is 48.6 Å². The number of hydrogen-bond donors (Lipinski definition) is 2. The molecule has 0 aliphatic heterocycles. The van der Waals surface area contributed by atoms with Gasteiger partial charge >= 0.3 is 0 Å². The van der Waals surface area contributed by atoms with Gasteiger partial charge in [0.25, 0.3) is 0 Å². The molecule has 0 saturated heterocycles. The van der Waals surface area contributed by atoms with E-state index >= 15 is 0 Å². The second kappa shape index (κ2) is 22.4. The van der Waals surface area contributed by atoms with E-state index in [2.05, 4.69) is 60.8 Å². The lowest BCUT2D eigenvalue weighted by Crippen LogP contribution is -2.25. The summed E-state index contributed by atoms with van der Waals surface area (Å²) in [5.41, 5.74) is 0. The van der Waals surface area contributed by atoms with Crippen LogP contribution >= 0.6 is 0 Å². The maximum atomic E-state index is 11.3. The first-order chi connectivity index (χ1) is 13.3. The second-order valence-electron chi connectivity index (χ2n) is 6.76. The fourth-order valence-electron chi connectivity index (χ4n) is 2.57. The van der Waals surface area contributed by atoms with Crippen LogP contribution in [0.15, 0.2) is 48.6 Å². The van der Waals surface area contributed by atoms with Crippen LogP contribution in [-0.4, -0.2) is 24.2 Å². The van der Waals surface area contributed by atoms with Gasteiger partial charge in [0.2, 0.25) is 5.91 Å². The molecule has 0 aliphatic rings. The minimum atomic E-state index is 0.0117. The first-order valence-corrected chi connectivity index (χ1v) is 10.8. The zero-order valence-corrected chi connectivity index (χ0v) is 17.4. The average molecular weight is 376 g/mol. The lowest BCUT2D eigenvalue weighted by molar-refractivity contribution is -0.121. The van der Waals surface area contributed by atoms with Gasteiger partial charge in [-0.1, -0.05) is 74.8 Å². The van der Waals surface area contributed by atoms with Crippen molar-refractivity contribution in [1.82, 2.24) is 5.32 Å². The number of aliphatic hydroxyl groups excluding tert-OH is 1. The van der Waals surface area contributed by atoms with E-state index in [1.54, 1.807) is 0 Å². The van der Waals surface area contributed by atoms with E-state index in [0.717, 1.165) is 44.9 Å². The quantitative estimate of drug-likeness (QED) is 0.227. The Kier molecular flexibility index (Phi) is 21.1. The largest absolute Gasteiger partial charge is 0.395 e.